The summed E-state index contributed by atoms with van der Waals surface area (Å²) in [4.78, 5) is 0. The van der Waals surface area contributed by atoms with E-state index in [1.54, 1.807) is 0 Å². The minimum absolute atomic E-state index is 0.0834. The highest BCUT2D eigenvalue weighted by Gasteiger charge is 2.36. The smallest absolute Gasteiger partial charge is 0.0706 e. The Morgan fingerprint density at radius 2 is 1.24 bits per heavy atom. The Hall–Kier alpha value is -0.0800. The first-order valence-corrected chi connectivity index (χ1v) is 9.32. The second-order valence-electron chi connectivity index (χ2n) is 7.55. The van der Waals surface area contributed by atoms with Crippen molar-refractivity contribution in [2.45, 2.75) is 89.1 Å². The quantitative estimate of drug-likeness (QED) is 0.601. The summed E-state index contributed by atoms with van der Waals surface area (Å²) in [7, 11) is 3.77. The average Bonchev–Trinajstić information content (AvgIpc) is 2.54. The van der Waals surface area contributed by atoms with Crippen molar-refractivity contribution in [1.82, 2.24) is 0 Å². The Bertz CT molecular complexity index is 245. The predicted octanol–water partition coefficient (Wildman–Crippen LogP) is 5.35. The molecule has 2 aliphatic rings. The minimum Gasteiger partial charge on any atom is -0.385 e. The Balaban J connectivity index is 1.95. The number of ether oxygens (including phenoxy) is 2. The predicted molar refractivity (Wildman–Crippen MR) is 88.6 cm³/mol. The number of hydrogen-bond acceptors (Lipinski definition) is 2. The summed E-state index contributed by atoms with van der Waals surface area (Å²) in [5.41, 5.74) is 0.0834. The van der Waals surface area contributed by atoms with E-state index in [-0.39, 0.29) is 5.60 Å². The summed E-state index contributed by atoms with van der Waals surface area (Å²) in [6, 6.07) is 0. The molecule has 0 saturated heterocycles. The van der Waals surface area contributed by atoms with E-state index in [1.807, 2.05) is 14.2 Å². The maximum atomic E-state index is 6.17. The molecule has 2 fully saturated rings. The molecule has 21 heavy (non-hydrogen) atoms. The Morgan fingerprint density at radius 1 is 0.762 bits per heavy atom. The van der Waals surface area contributed by atoms with Crippen LogP contribution in [0.1, 0.15) is 83.5 Å². The van der Waals surface area contributed by atoms with Crippen LogP contribution in [0.15, 0.2) is 0 Å². The maximum Gasteiger partial charge on any atom is 0.0706 e. The van der Waals surface area contributed by atoms with Crippen molar-refractivity contribution in [2.24, 2.45) is 11.8 Å². The number of rotatable bonds is 8. The molecule has 0 aromatic carbocycles. The molecule has 0 atom stereocenters. The Morgan fingerprint density at radius 3 is 1.62 bits per heavy atom. The summed E-state index contributed by atoms with van der Waals surface area (Å²) in [6.07, 6.45) is 17.9. The highest BCUT2D eigenvalue weighted by molar-refractivity contribution is 4.88. The van der Waals surface area contributed by atoms with E-state index in [9.17, 15) is 0 Å². The van der Waals surface area contributed by atoms with Gasteiger partial charge in [-0.25, -0.2) is 0 Å². The second kappa shape index (κ2) is 9.15. The van der Waals surface area contributed by atoms with Gasteiger partial charge < -0.3 is 9.47 Å². The van der Waals surface area contributed by atoms with Crippen LogP contribution in [0.4, 0.5) is 0 Å². The average molecular weight is 296 g/mol. The zero-order valence-corrected chi connectivity index (χ0v) is 14.4. The lowest BCUT2D eigenvalue weighted by molar-refractivity contribution is -0.0711. The van der Waals surface area contributed by atoms with Gasteiger partial charge in [0, 0.05) is 20.8 Å². The molecule has 0 heterocycles. The molecular formula is C19H36O2. The van der Waals surface area contributed by atoms with E-state index in [4.69, 9.17) is 9.47 Å². The van der Waals surface area contributed by atoms with E-state index in [2.05, 4.69) is 0 Å². The molecule has 2 nitrogen and oxygen atoms in total. The van der Waals surface area contributed by atoms with Gasteiger partial charge in [-0.1, -0.05) is 64.2 Å². The number of hydrogen-bond donors (Lipinski definition) is 0. The van der Waals surface area contributed by atoms with Gasteiger partial charge in [-0.15, -0.1) is 0 Å². The first kappa shape index (κ1) is 17.3. The molecule has 0 aromatic heterocycles. The fourth-order valence-electron chi connectivity index (χ4n) is 4.68. The zero-order valence-electron chi connectivity index (χ0n) is 14.4. The van der Waals surface area contributed by atoms with Gasteiger partial charge in [0.1, 0.15) is 0 Å². The van der Waals surface area contributed by atoms with Crippen molar-refractivity contribution in [1.29, 1.82) is 0 Å². The van der Waals surface area contributed by atoms with Crippen LogP contribution in [-0.2, 0) is 9.47 Å². The van der Waals surface area contributed by atoms with Crippen molar-refractivity contribution in [3.05, 3.63) is 0 Å². The van der Waals surface area contributed by atoms with Crippen molar-refractivity contribution < 1.29 is 9.47 Å². The van der Waals surface area contributed by atoms with Gasteiger partial charge in [0.2, 0.25) is 0 Å². The molecule has 0 aliphatic heterocycles. The SMILES string of the molecule is COCCC(CC1CCCCC1)(CC1CCCCC1)OC. The molecule has 2 rings (SSSR count). The molecule has 2 saturated carbocycles. The van der Waals surface area contributed by atoms with E-state index >= 15 is 0 Å². The standard InChI is InChI=1S/C19H36O2/c1-20-14-13-19(21-2,15-17-9-5-3-6-10-17)16-18-11-7-4-8-12-18/h17-18H,3-16H2,1-2H3. The molecule has 0 amide bonds. The molecule has 2 aliphatic carbocycles. The lowest BCUT2D eigenvalue weighted by Crippen LogP contribution is -2.38. The highest BCUT2D eigenvalue weighted by atomic mass is 16.5. The van der Waals surface area contributed by atoms with Crippen molar-refractivity contribution in [2.75, 3.05) is 20.8 Å². The molecule has 0 radical (unpaired) electrons. The summed E-state index contributed by atoms with van der Waals surface area (Å²) >= 11 is 0. The van der Waals surface area contributed by atoms with Crippen LogP contribution in [0, 0.1) is 11.8 Å². The molecule has 124 valence electrons. The molecule has 0 aromatic rings. The largest absolute Gasteiger partial charge is 0.385 e. The zero-order chi connectivity index (χ0) is 15.0. The van der Waals surface area contributed by atoms with Crippen molar-refractivity contribution >= 4 is 0 Å². The van der Waals surface area contributed by atoms with Gasteiger partial charge in [0.05, 0.1) is 5.60 Å². The minimum atomic E-state index is 0.0834. The molecule has 0 spiro atoms. The first-order chi connectivity index (χ1) is 10.3. The summed E-state index contributed by atoms with van der Waals surface area (Å²) < 4.78 is 11.6. The number of methoxy groups -OCH3 is 2. The topological polar surface area (TPSA) is 18.5 Å². The second-order valence-corrected chi connectivity index (χ2v) is 7.55. The fourth-order valence-corrected chi connectivity index (χ4v) is 4.68. The van der Waals surface area contributed by atoms with Crippen LogP contribution < -0.4 is 0 Å². The fraction of sp³-hybridized carbons (Fsp3) is 1.00. The van der Waals surface area contributed by atoms with E-state index in [1.165, 1.54) is 77.0 Å². The third-order valence-corrected chi connectivity index (χ3v) is 5.97. The lowest BCUT2D eigenvalue weighted by Gasteiger charge is -2.40. The monoisotopic (exact) mass is 296 g/mol. The van der Waals surface area contributed by atoms with Gasteiger partial charge in [-0.3, -0.25) is 0 Å². The Labute approximate surface area is 132 Å². The normalized spacial score (nSPS) is 22.6. The van der Waals surface area contributed by atoms with Gasteiger partial charge in [0.25, 0.3) is 0 Å². The summed E-state index contributed by atoms with van der Waals surface area (Å²) in [6.45, 7) is 0.841. The highest BCUT2D eigenvalue weighted by Crippen LogP contribution is 2.40. The van der Waals surface area contributed by atoms with E-state index in [0.29, 0.717) is 0 Å². The lowest BCUT2D eigenvalue weighted by atomic mass is 9.73. The first-order valence-electron chi connectivity index (χ1n) is 9.32. The third kappa shape index (κ3) is 5.56. The van der Waals surface area contributed by atoms with Gasteiger partial charge in [-0.2, -0.15) is 0 Å². The Kier molecular flexibility index (Phi) is 7.53. The van der Waals surface area contributed by atoms with Crippen LogP contribution >= 0.6 is 0 Å². The maximum absolute atomic E-state index is 6.17. The van der Waals surface area contributed by atoms with Crippen LogP contribution in [-0.4, -0.2) is 26.4 Å². The molecule has 2 heteroatoms. The van der Waals surface area contributed by atoms with Crippen molar-refractivity contribution in [3.63, 3.8) is 0 Å². The summed E-state index contributed by atoms with van der Waals surface area (Å²) in [5, 5.41) is 0. The van der Waals surface area contributed by atoms with Crippen LogP contribution in [0.5, 0.6) is 0 Å². The van der Waals surface area contributed by atoms with Crippen LogP contribution in [0.3, 0.4) is 0 Å². The van der Waals surface area contributed by atoms with Crippen LogP contribution in [0.25, 0.3) is 0 Å². The van der Waals surface area contributed by atoms with Gasteiger partial charge >= 0.3 is 0 Å². The summed E-state index contributed by atoms with van der Waals surface area (Å²) in [5.74, 6) is 1.78. The van der Waals surface area contributed by atoms with E-state index < -0.39 is 0 Å². The van der Waals surface area contributed by atoms with Gasteiger partial charge in [-0.05, 0) is 31.1 Å². The third-order valence-electron chi connectivity index (χ3n) is 5.97. The van der Waals surface area contributed by atoms with Gasteiger partial charge in [0.15, 0.2) is 0 Å². The van der Waals surface area contributed by atoms with Crippen LogP contribution in [0.2, 0.25) is 0 Å². The van der Waals surface area contributed by atoms with E-state index in [0.717, 1.165) is 24.9 Å². The van der Waals surface area contributed by atoms with Crippen molar-refractivity contribution in [3.8, 4) is 0 Å². The molecule has 0 unspecified atom stereocenters. The molecule has 0 bridgehead atoms. The molecule has 0 N–H and O–H groups in total. The molecular weight excluding hydrogens is 260 g/mol.